The number of carbonyl (C=O) groups excluding carboxylic acids is 1. The molecule has 86 valence electrons. The van der Waals surface area contributed by atoms with Crippen molar-refractivity contribution in [3.05, 3.63) is 34.7 Å². The number of amides is 1. The van der Waals surface area contributed by atoms with Crippen LogP contribution in [0.4, 0.5) is 5.69 Å². The Balaban J connectivity index is 2.09. The Labute approximate surface area is 103 Å². The molecule has 0 saturated carbocycles. The number of aromatic amines is 2. The summed E-state index contributed by atoms with van der Waals surface area (Å²) < 4.78 is 0.605. The van der Waals surface area contributed by atoms with E-state index in [1.807, 2.05) is 24.4 Å². The van der Waals surface area contributed by atoms with E-state index in [4.69, 9.17) is 12.2 Å². The zero-order valence-electron chi connectivity index (χ0n) is 9.28. The van der Waals surface area contributed by atoms with Gasteiger partial charge in [-0.15, -0.1) is 0 Å². The van der Waals surface area contributed by atoms with Crippen molar-refractivity contribution in [2.75, 3.05) is 11.9 Å². The van der Waals surface area contributed by atoms with Gasteiger partial charge in [-0.25, -0.2) is 0 Å². The van der Waals surface area contributed by atoms with Gasteiger partial charge in [0.1, 0.15) is 0 Å². The summed E-state index contributed by atoms with van der Waals surface area (Å²) in [5.74, 6) is 0.138. The largest absolute Gasteiger partial charge is 0.337 e. The van der Waals surface area contributed by atoms with Crippen molar-refractivity contribution < 1.29 is 4.79 Å². The number of aromatic nitrogens is 2. The third kappa shape index (κ3) is 1.59. The van der Waals surface area contributed by atoms with Gasteiger partial charge in [-0.05, 0) is 35.5 Å². The van der Waals surface area contributed by atoms with Gasteiger partial charge >= 0.3 is 0 Å². The zero-order valence-corrected chi connectivity index (χ0v) is 10.1. The number of rotatable bonds is 1. The highest BCUT2D eigenvalue weighted by molar-refractivity contribution is 7.71. The van der Waals surface area contributed by atoms with E-state index in [9.17, 15) is 4.79 Å². The highest BCUT2D eigenvalue weighted by Gasteiger charge is 2.23. The first-order valence-electron chi connectivity index (χ1n) is 5.33. The highest BCUT2D eigenvalue weighted by atomic mass is 32.1. The molecule has 0 unspecified atom stereocenters. The normalized spacial score (nSPS) is 14.2. The molecule has 5 heteroatoms. The van der Waals surface area contributed by atoms with Gasteiger partial charge in [0, 0.05) is 18.9 Å². The standard InChI is InChI=1S/C12H11N3OS/c1-15-10-3-2-7(4-8(10)5-11(15)16)9-6-13-12(17)14-9/h2-4,6H,5H2,1H3,(H2,13,14,17). The van der Waals surface area contributed by atoms with E-state index in [0.717, 1.165) is 22.5 Å². The molecule has 17 heavy (non-hydrogen) atoms. The molecule has 2 N–H and O–H groups in total. The minimum Gasteiger partial charge on any atom is -0.337 e. The van der Waals surface area contributed by atoms with E-state index >= 15 is 0 Å². The number of nitrogens with zero attached hydrogens (tertiary/aromatic N) is 1. The lowest BCUT2D eigenvalue weighted by Gasteiger charge is -2.09. The third-order valence-electron chi connectivity index (χ3n) is 3.06. The number of imidazole rings is 1. The molecule has 1 amide bonds. The van der Waals surface area contributed by atoms with Crippen LogP contribution in [0.15, 0.2) is 24.4 Å². The molecule has 0 bridgehead atoms. The Kier molecular flexibility index (Phi) is 2.16. The van der Waals surface area contributed by atoms with E-state index < -0.39 is 0 Å². The number of nitrogens with one attached hydrogen (secondary N) is 2. The molecule has 1 aromatic carbocycles. The van der Waals surface area contributed by atoms with Crippen LogP contribution in [0.3, 0.4) is 0 Å². The summed E-state index contributed by atoms with van der Waals surface area (Å²) in [5.41, 5.74) is 4.04. The van der Waals surface area contributed by atoms with Crippen molar-refractivity contribution >= 4 is 23.8 Å². The van der Waals surface area contributed by atoms with Crippen molar-refractivity contribution in [1.82, 2.24) is 9.97 Å². The van der Waals surface area contributed by atoms with Crippen LogP contribution in [0.5, 0.6) is 0 Å². The van der Waals surface area contributed by atoms with E-state index in [0.29, 0.717) is 11.2 Å². The van der Waals surface area contributed by atoms with Crippen LogP contribution in [0.1, 0.15) is 5.56 Å². The molecule has 0 aliphatic carbocycles. The van der Waals surface area contributed by atoms with Crippen LogP contribution in [-0.4, -0.2) is 22.9 Å². The Hall–Kier alpha value is -1.88. The maximum absolute atomic E-state index is 11.6. The topological polar surface area (TPSA) is 51.9 Å². The number of likely N-dealkylation sites (N-methyl/N-ethyl adjacent to an activating group) is 1. The van der Waals surface area contributed by atoms with Gasteiger partial charge in [-0.2, -0.15) is 0 Å². The molecule has 0 spiro atoms. The first-order valence-corrected chi connectivity index (χ1v) is 5.73. The lowest BCUT2D eigenvalue weighted by atomic mass is 10.1. The van der Waals surface area contributed by atoms with E-state index in [1.54, 1.807) is 11.9 Å². The Morgan fingerprint density at radius 3 is 2.94 bits per heavy atom. The molecule has 4 nitrogen and oxygen atoms in total. The minimum absolute atomic E-state index is 0.138. The molecular formula is C12H11N3OS. The Bertz CT molecular complexity index is 656. The number of carbonyl (C=O) groups is 1. The summed E-state index contributed by atoms with van der Waals surface area (Å²) in [6.45, 7) is 0. The Morgan fingerprint density at radius 2 is 2.24 bits per heavy atom. The van der Waals surface area contributed by atoms with Gasteiger partial charge in [0.15, 0.2) is 4.77 Å². The van der Waals surface area contributed by atoms with Crippen molar-refractivity contribution in [2.45, 2.75) is 6.42 Å². The molecule has 0 saturated heterocycles. The Morgan fingerprint density at radius 1 is 1.41 bits per heavy atom. The average Bonchev–Trinajstić information content (AvgIpc) is 2.85. The molecular weight excluding hydrogens is 234 g/mol. The first-order chi connectivity index (χ1) is 8.15. The number of hydrogen-bond donors (Lipinski definition) is 2. The monoisotopic (exact) mass is 245 g/mol. The van der Waals surface area contributed by atoms with Gasteiger partial charge in [0.2, 0.25) is 5.91 Å². The summed E-state index contributed by atoms with van der Waals surface area (Å²) >= 11 is 5.00. The van der Waals surface area contributed by atoms with Crippen LogP contribution in [0, 0.1) is 4.77 Å². The summed E-state index contributed by atoms with van der Waals surface area (Å²) in [6, 6.07) is 5.99. The predicted molar refractivity (Wildman–Crippen MR) is 68.5 cm³/mol. The lowest BCUT2D eigenvalue weighted by molar-refractivity contribution is -0.117. The molecule has 2 heterocycles. The van der Waals surface area contributed by atoms with Crippen molar-refractivity contribution in [3.8, 4) is 11.3 Å². The molecule has 0 atom stereocenters. The van der Waals surface area contributed by atoms with Crippen LogP contribution >= 0.6 is 12.2 Å². The maximum Gasteiger partial charge on any atom is 0.231 e. The summed E-state index contributed by atoms with van der Waals surface area (Å²) in [6.07, 6.45) is 2.31. The number of anilines is 1. The van der Waals surface area contributed by atoms with Crippen molar-refractivity contribution in [1.29, 1.82) is 0 Å². The van der Waals surface area contributed by atoms with Gasteiger partial charge in [0.25, 0.3) is 0 Å². The molecule has 3 rings (SSSR count). The maximum atomic E-state index is 11.6. The molecule has 2 aromatic rings. The second kappa shape index (κ2) is 3.56. The summed E-state index contributed by atoms with van der Waals surface area (Å²) in [4.78, 5) is 19.3. The second-order valence-corrected chi connectivity index (χ2v) is 4.54. The van der Waals surface area contributed by atoms with Gasteiger partial charge in [-0.3, -0.25) is 4.79 Å². The SMILES string of the molecule is CN1C(=O)Cc2cc(-c3c[nH]c(=S)[nH]3)ccc21. The van der Waals surface area contributed by atoms with Crippen molar-refractivity contribution in [3.63, 3.8) is 0 Å². The molecule has 1 aliphatic heterocycles. The van der Waals surface area contributed by atoms with Gasteiger partial charge < -0.3 is 14.9 Å². The first kappa shape index (κ1) is 10.3. The number of fused-ring (bicyclic) bond motifs is 1. The average molecular weight is 245 g/mol. The van der Waals surface area contributed by atoms with E-state index in [2.05, 4.69) is 9.97 Å². The van der Waals surface area contributed by atoms with Crippen LogP contribution in [-0.2, 0) is 11.2 Å². The fourth-order valence-electron chi connectivity index (χ4n) is 2.13. The molecule has 0 radical (unpaired) electrons. The molecule has 1 aromatic heterocycles. The fourth-order valence-corrected chi connectivity index (χ4v) is 2.29. The number of benzene rings is 1. The molecule has 0 fully saturated rings. The third-order valence-corrected chi connectivity index (χ3v) is 3.28. The van der Waals surface area contributed by atoms with E-state index in [-0.39, 0.29) is 5.91 Å². The second-order valence-electron chi connectivity index (χ2n) is 4.13. The van der Waals surface area contributed by atoms with Crippen LogP contribution in [0.25, 0.3) is 11.3 Å². The fraction of sp³-hybridized carbons (Fsp3) is 0.167. The van der Waals surface area contributed by atoms with Crippen LogP contribution in [0.2, 0.25) is 0 Å². The predicted octanol–water partition coefficient (Wildman–Crippen LogP) is 2.26. The molecule has 1 aliphatic rings. The van der Waals surface area contributed by atoms with Gasteiger partial charge in [0.05, 0.1) is 12.1 Å². The van der Waals surface area contributed by atoms with Crippen molar-refractivity contribution in [2.24, 2.45) is 0 Å². The quantitative estimate of drug-likeness (QED) is 0.757. The highest BCUT2D eigenvalue weighted by Crippen LogP contribution is 2.31. The lowest BCUT2D eigenvalue weighted by Crippen LogP contribution is -2.20. The summed E-state index contributed by atoms with van der Waals surface area (Å²) in [5, 5.41) is 0. The van der Waals surface area contributed by atoms with E-state index in [1.165, 1.54) is 0 Å². The van der Waals surface area contributed by atoms with Gasteiger partial charge in [-0.1, -0.05) is 6.07 Å². The zero-order chi connectivity index (χ0) is 12.0. The van der Waals surface area contributed by atoms with Crippen LogP contribution < -0.4 is 4.90 Å². The smallest absolute Gasteiger partial charge is 0.231 e. The number of hydrogen-bond acceptors (Lipinski definition) is 2. The minimum atomic E-state index is 0.138. The summed E-state index contributed by atoms with van der Waals surface area (Å²) in [7, 11) is 1.80. The number of H-pyrrole nitrogens is 2.